The lowest BCUT2D eigenvalue weighted by Crippen LogP contribution is -1.94. The Labute approximate surface area is 262 Å². The van der Waals surface area contributed by atoms with Crippen LogP contribution in [0.25, 0.3) is 77.2 Å². The molecule has 0 saturated carbocycles. The van der Waals surface area contributed by atoms with E-state index in [9.17, 15) is 0 Å². The third-order valence-corrected chi connectivity index (χ3v) is 9.18. The summed E-state index contributed by atoms with van der Waals surface area (Å²) in [6.45, 7) is 2.14. The molecule has 9 aromatic rings. The van der Waals surface area contributed by atoms with Crippen molar-refractivity contribution in [2.45, 2.75) is 6.92 Å². The average molecular weight is 575 g/mol. The lowest BCUT2D eigenvalue weighted by atomic mass is 10.0. The van der Waals surface area contributed by atoms with Crippen LogP contribution in [0.5, 0.6) is 0 Å². The third-order valence-electron chi connectivity index (χ3n) is 9.18. The Morgan fingerprint density at radius 2 is 0.800 bits per heavy atom. The smallest absolute Gasteiger partial charge is 0.0541 e. The lowest BCUT2D eigenvalue weighted by molar-refractivity contribution is 1.17. The van der Waals surface area contributed by atoms with Crippen LogP contribution in [0.3, 0.4) is 0 Å². The topological polar surface area (TPSA) is 9.86 Å². The van der Waals surface area contributed by atoms with Crippen molar-refractivity contribution in [1.82, 2.24) is 9.13 Å². The van der Waals surface area contributed by atoms with Crippen molar-refractivity contribution in [3.63, 3.8) is 0 Å². The summed E-state index contributed by atoms with van der Waals surface area (Å²) in [7, 11) is 0. The van der Waals surface area contributed by atoms with E-state index in [1.807, 2.05) is 0 Å². The van der Waals surface area contributed by atoms with Crippen molar-refractivity contribution in [1.29, 1.82) is 0 Å². The maximum atomic E-state index is 2.40. The highest BCUT2D eigenvalue weighted by Crippen LogP contribution is 2.38. The molecule has 0 aliphatic carbocycles. The van der Waals surface area contributed by atoms with Gasteiger partial charge in [0.25, 0.3) is 0 Å². The van der Waals surface area contributed by atoms with Crippen LogP contribution in [0.2, 0.25) is 0 Å². The molecule has 45 heavy (non-hydrogen) atoms. The molecule has 2 heterocycles. The molecule has 0 unspecified atom stereocenters. The minimum atomic E-state index is 1.17. The van der Waals surface area contributed by atoms with Crippen LogP contribution >= 0.6 is 0 Å². The maximum Gasteiger partial charge on any atom is 0.0541 e. The molecule has 0 amide bonds. The van der Waals surface area contributed by atoms with Gasteiger partial charge in [-0.25, -0.2) is 0 Å². The van der Waals surface area contributed by atoms with Gasteiger partial charge in [-0.2, -0.15) is 0 Å². The van der Waals surface area contributed by atoms with Crippen molar-refractivity contribution in [2.75, 3.05) is 0 Å². The maximum absolute atomic E-state index is 2.40. The van der Waals surface area contributed by atoms with Crippen molar-refractivity contribution < 1.29 is 0 Å². The Morgan fingerprint density at radius 3 is 1.42 bits per heavy atom. The molecular formula is C43H30N2. The molecule has 9 rings (SSSR count). The first kappa shape index (κ1) is 25.6. The van der Waals surface area contributed by atoms with Crippen LogP contribution in [0.4, 0.5) is 0 Å². The van der Waals surface area contributed by atoms with Crippen LogP contribution in [-0.2, 0) is 0 Å². The van der Waals surface area contributed by atoms with Crippen LogP contribution in [0, 0.1) is 6.92 Å². The quantitative estimate of drug-likeness (QED) is 0.198. The van der Waals surface area contributed by atoms with Crippen LogP contribution in [0.15, 0.2) is 164 Å². The van der Waals surface area contributed by atoms with E-state index in [1.54, 1.807) is 0 Å². The minimum absolute atomic E-state index is 1.17. The largest absolute Gasteiger partial charge is 0.309 e. The zero-order valence-electron chi connectivity index (χ0n) is 25.0. The van der Waals surface area contributed by atoms with E-state index in [4.69, 9.17) is 0 Å². The Bertz CT molecular complexity index is 2530. The molecule has 0 bridgehead atoms. The summed E-state index contributed by atoms with van der Waals surface area (Å²) in [6.07, 6.45) is 0. The van der Waals surface area contributed by atoms with Gasteiger partial charge in [-0.05, 0) is 89.8 Å². The van der Waals surface area contributed by atoms with Gasteiger partial charge in [0.15, 0.2) is 0 Å². The molecule has 0 spiro atoms. The number of aryl methyl sites for hydroxylation is 1. The molecule has 0 saturated heterocycles. The number of nitrogens with zero attached hydrogens (tertiary/aromatic N) is 2. The number of fused-ring (bicyclic) bond motifs is 6. The Kier molecular flexibility index (Phi) is 5.76. The zero-order chi connectivity index (χ0) is 29.9. The highest BCUT2D eigenvalue weighted by molar-refractivity contribution is 6.12. The van der Waals surface area contributed by atoms with Gasteiger partial charge in [-0.3, -0.25) is 0 Å². The normalized spacial score (nSPS) is 11.7. The minimum Gasteiger partial charge on any atom is -0.309 e. The Morgan fingerprint density at radius 1 is 0.311 bits per heavy atom. The lowest BCUT2D eigenvalue weighted by Gasteiger charge is -2.11. The Balaban J connectivity index is 1.22. The molecule has 7 aromatic carbocycles. The fraction of sp³-hybridized carbons (Fsp3) is 0.0233. The van der Waals surface area contributed by atoms with Crippen molar-refractivity contribution in [3.05, 3.63) is 169 Å². The van der Waals surface area contributed by atoms with Gasteiger partial charge >= 0.3 is 0 Å². The van der Waals surface area contributed by atoms with Crippen molar-refractivity contribution in [3.8, 4) is 33.6 Å². The predicted molar refractivity (Wildman–Crippen MR) is 191 cm³/mol. The van der Waals surface area contributed by atoms with Gasteiger partial charge in [0.2, 0.25) is 0 Å². The summed E-state index contributed by atoms with van der Waals surface area (Å²) < 4.78 is 4.79. The molecule has 0 atom stereocenters. The van der Waals surface area contributed by atoms with Gasteiger partial charge in [0, 0.05) is 32.9 Å². The van der Waals surface area contributed by atoms with E-state index >= 15 is 0 Å². The molecule has 0 N–H and O–H groups in total. The van der Waals surface area contributed by atoms with E-state index < -0.39 is 0 Å². The van der Waals surface area contributed by atoms with Gasteiger partial charge < -0.3 is 9.13 Å². The molecule has 0 radical (unpaired) electrons. The van der Waals surface area contributed by atoms with E-state index in [-0.39, 0.29) is 0 Å². The van der Waals surface area contributed by atoms with Gasteiger partial charge in [-0.1, -0.05) is 109 Å². The SMILES string of the molecule is Cc1ccc(-n2c3ccccc3c3cc(-c4ccc5c(c4)c4ccccc4n5-c4cccc(-c5ccccc5)c4)ccc32)cc1. The predicted octanol–water partition coefficient (Wildman–Crippen LogP) is 11.5. The second-order valence-electron chi connectivity index (χ2n) is 11.9. The summed E-state index contributed by atoms with van der Waals surface area (Å²) in [5.74, 6) is 0. The van der Waals surface area contributed by atoms with Crippen LogP contribution in [0.1, 0.15) is 5.56 Å². The molecular weight excluding hydrogens is 544 g/mol. The number of benzene rings is 7. The van der Waals surface area contributed by atoms with Gasteiger partial charge in [0.05, 0.1) is 22.1 Å². The number of para-hydroxylation sites is 2. The second kappa shape index (κ2) is 10.1. The van der Waals surface area contributed by atoms with Gasteiger partial charge in [0.1, 0.15) is 0 Å². The molecule has 2 heteroatoms. The monoisotopic (exact) mass is 574 g/mol. The van der Waals surface area contributed by atoms with Crippen LogP contribution < -0.4 is 0 Å². The first-order valence-corrected chi connectivity index (χ1v) is 15.5. The van der Waals surface area contributed by atoms with Crippen molar-refractivity contribution >= 4 is 43.6 Å². The van der Waals surface area contributed by atoms with Crippen LogP contribution in [-0.4, -0.2) is 9.13 Å². The summed E-state index contributed by atoms with van der Waals surface area (Å²) >= 11 is 0. The van der Waals surface area contributed by atoms with E-state index in [0.717, 1.165) is 0 Å². The summed E-state index contributed by atoms with van der Waals surface area (Å²) in [6, 6.07) is 59.6. The van der Waals surface area contributed by atoms with E-state index in [0.29, 0.717) is 0 Å². The van der Waals surface area contributed by atoms with E-state index in [2.05, 4.69) is 180 Å². The highest BCUT2D eigenvalue weighted by Gasteiger charge is 2.16. The molecule has 212 valence electrons. The van der Waals surface area contributed by atoms with Crippen molar-refractivity contribution in [2.24, 2.45) is 0 Å². The highest BCUT2D eigenvalue weighted by atomic mass is 15.0. The number of hydrogen-bond acceptors (Lipinski definition) is 0. The summed E-state index contributed by atoms with van der Waals surface area (Å²) in [4.78, 5) is 0. The second-order valence-corrected chi connectivity index (χ2v) is 11.9. The number of hydrogen-bond donors (Lipinski definition) is 0. The number of rotatable bonds is 4. The standard InChI is InChI=1S/C43H30N2/c1-29-18-22-34(23-19-29)44-40-16-7-5-14-36(40)38-27-32(20-24-42(38)44)33-21-25-43-39(28-33)37-15-6-8-17-41(37)45(43)35-13-9-12-31(26-35)30-10-3-2-4-11-30/h2-28H,1H3. The summed E-state index contributed by atoms with van der Waals surface area (Å²) in [5.41, 5.74) is 13.4. The zero-order valence-corrected chi connectivity index (χ0v) is 25.0. The fourth-order valence-corrected chi connectivity index (χ4v) is 7.01. The fourth-order valence-electron chi connectivity index (χ4n) is 7.01. The molecule has 2 nitrogen and oxygen atoms in total. The molecule has 0 aliphatic rings. The van der Waals surface area contributed by atoms with Gasteiger partial charge in [-0.15, -0.1) is 0 Å². The third kappa shape index (κ3) is 4.11. The number of aromatic nitrogens is 2. The molecule has 0 aliphatic heterocycles. The first-order chi connectivity index (χ1) is 22.2. The average Bonchev–Trinajstić information content (AvgIpc) is 3.61. The Hall–Kier alpha value is -5.86. The molecule has 0 fully saturated rings. The molecule has 2 aromatic heterocycles. The summed E-state index contributed by atoms with van der Waals surface area (Å²) in [5, 5.41) is 5.06. The first-order valence-electron chi connectivity index (χ1n) is 15.5. The van der Waals surface area contributed by atoms with E-state index in [1.165, 1.54) is 82.8 Å².